The maximum Gasteiger partial charge on any atom is 0.0659 e. The van der Waals surface area contributed by atoms with Crippen LogP contribution < -0.4 is 5.32 Å². The fraction of sp³-hybridized carbons (Fsp3) is 1.00. The van der Waals surface area contributed by atoms with Gasteiger partial charge in [-0.2, -0.15) is 0 Å². The number of ether oxygens (including phenoxy) is 1. The monoisotopic (exact) mass is 227 g/mol. The Morgan fingerprint density at radius 3 is 2.38 bits per heavy atom. The summed E-state index contributed by atoms with van der Waals surface area (Å²) in [5, 5.41) is 3.54. The third kappa shape index (κ3) is 3.21. The molecule has 0 amide bonds. The molecule has 1 rings (SSSR count). The topological polar surface area (TPSA) is 21.3 Å². The van der Waals surface area contributed by atoms with E-state index in [0.29, 0.717) is 23.7 Å². The van der Waals surface area contributed by atoms with E-state index in [4.69, 9.17) is 4.74 Å². The molecule has 0 aromatic carbocycles. The minimum atomic E-state index is 0.293. The van der Waals surface area contributed by atoms with E-state index in [-0.39, 0.29) is 0 Å². The van der Waals surface area contributed by atoms with E-state index in [1.54, 1.807) is 0 Å². The average molecular weight is 227 g/mol. The van der Waals surface area contributed by atoms with Gasteiger partial charge in [0.05, 0.1) is 12.2 Å². The Hall–Kier alpha value is -0.0800. The summed E-state index contributed by atoms with van der Waals surface area (Å²) >= 11 is 0. The highest BCUT2D eigenvalue weighted by atomic mass is 16.5. The molecule has 2 nitrogen and oxygen atoms in total. The molecule has 96 valence electrons. The largest absolute Gasteiger partial charge is 0.375 e. The second kappa shape index (κ2) is 5.50. The van der Waals surface area contributed by atoms with E-state index in [1.807, 2.05) is 0 Å². The van der Waals surface area contributed by atoms with Crippen molar-refractivity contribution in [2.24, 2.45) is 11.3 Å². The minimum Gasteiger partial charge on any atom is -0.375 e. The number of nitrogens with one attached hydrogen (secondary N) is 1. The van der Waals surface area contributed by atoms with Crippen molar-refractivity contribution in [2.75, 3.05) is 6.54 Å². The van der Waals surface area contributed by atoms with Crippen molar-refractivity contribution in [1.29, 1.82) is 0 Å². The summed E-state index contributed by atoms with van der Waals surface area (Å²) in [5.41, 5.74) is 0.293. The minimum absolute atomic E-state index is 0.293. The summed E-state index contributed by atoms with van der Waals surface area (Å²) in [4.78, 5) is 0. The molecule has 0 radical (unpaired) electrons. The van der Waals surface area contributed by atoms with Gasteiger partial charge in [0.2, 0.25) is 0 Å². The molecule has 1 aliphatic rings. The zero-order valence-corrected chi connectivity index (χ0v) is 11.8. The summed E-state index contributed by atoms with van der Waals surface area (Å²) in [5.74, 6) is 0.725. The molecule has 1 N–H and O–H groups in total. The third-order valence-corrected chi connectivity index (χ3v) is 3.83. The second-order valence-electron chi connectivity index (χ2n) is 6.23. The molecule has 0 heterocycles. The lowest BCUT2D eigenvalue weighted by atomic mass is 9.64. The maximum absolute atomic E-state index is 6.15. The van der Waals surface area contributed by atoms with Crippen molar-refractivity contribution in [3.8, 4) is 0 Å². The van der Waals surface area contributed by atoms with Crippen molar-refractivity contribution in [2.45, 2.75) is 72.6 Å². The van der Waals surface area contributed by atoms with Gasteiger partial charge in [0.15, 0.2) is 0 Å². The first kappa shape index (κ1) is 14.0. The van der Waals surface area contributed by atoms with Crippen LogP contribution in [0.5, 0.6) is 0 Å². The van der Waals surface area contributed by atoms with Gasteiger partial charge in [0, 0.05) is 11.5 Å². The third-order valence-electron chi connectivity index (χ3n) is 3.83. The van der Waals surface area contributed by atoms with Crippen LogP contribution in [0.25, 0.3) is 0 Å². The van der Waals surface area contributed by atoms with Gasteiger partial charge in [-0.25, -0.2) is 0 Å². The van der Waals surface area contributed by atoms with Gasteiger partial charge in [-0.15, -0.1) is 0 Å². The van der Waals surface area contributed by atoms with E-state index < -0.39 is 0 Å². The van der Waals surface area contributed by atoms with Crippen LogP contribution in [0.1, 0.15) is 54.4 Å². The van der Waals surface area contributed by atoms with Gasteiger partial charge in [-0.3, -0.25) is 0 Å². The Morgan fingerprint density at radius 2 is 1.94 bits per heavy atom. The Balaban J connectivity index is 2.35. The summed E-state index contributed by atoms with van der Waals surface area (Å²) in [6.45, 7) is 14.6. The van der Waals surface area contributed by atoms with Crippen LogP contribution in [0, 0.1) is 11.3 Å². The van der Waals surface area contributed by atoms with Crippen LogP contribution in [0.15, 0.2) is 0 Å². The summed E-state index contributed by atoms with van der Waals surface area (Å²) in [7, 11) is 0. The first-order valence-corrected chi connectivity index (χ1v) is 6.76. The van der Waals surface area contributed by atoms with Gasteiger partial charge in [-0.05, 0) is 32.2 Å². The molecule has 1 saturated carbocycles. The Bertz CT molecular complexity index is 213. The predicted octanol–water partition coefficient (Wildman–Crippen LogP) is 3.21. The van der Waals surface area contributed by atoms with Crippen molar-refractivity contribution in [3.05, 3.63) is 0 Å². The fourth-order valence-electron chi connectivity index (χ4n) is 2.71. The SMILES string of the molecule is CCNC1CC(OC(C)CC(C)C)C1(C)C. The van der Waals surface area contributed by atoms with Crippen LogP contribution in [0.3, 0.4) is 0 Å². The number of hydrogen-bond donors (Lipinski definition) is 1. The normalized spacial score (nSPS) is 30.2. The van der Waals surface area contributed by atoms with E-state index in [0.717, 1.165) is 12.5 Å². The van der Waals surface area contributed by atoms with Crippen LogP contribution in [-0.2, 0) is 4.74 Å². The van der Waals surface area contributed by atoms with Crippen molar-refractivity contribution < 1.29 is 4.74 Å². The standard InChI is InChI=1S/C14H29NO/c1-7-15-12-9-13(14(12,5)6)16-11(4)8-10(2)3/h10-13,15H,7-9H2,1-6H3. The van der Waals surface area contributed by atoms with Crippen LogP contribution in [0.2, 0.25) is 0 Å². The van der Waals surface area contributed by atoms with Gasteiger partial charge in [0.1, 0.15) is 0 Å². The van der Waals surface area contributed by atoms with Crippen LogP contribution in [0.4, 0.5) is 0 Å². The maximum atomic E-state index is 6.15. The summed E-state index contributed by atoms with van der Waals surface area (Å²) in [6.07, 6.45) is 3.17. The highest BCUT2D eigenvalue weighted by Gasteiger charge is 2.48. The van der Waals surface area contributed by atoms with E-state index in [1.165, 1.54) is 12.8 Å². The lowest BCUT2D eigenvalue weighted by Crippen LogP contribution is -2.61. The molecule has 1 aliphatic carbocycles. The summed E-state index contributed by atoms with van der Waals surface area (Å²) in [6, 6.07) is 0.633. The molecule has 3 atom stereocenters. The van der Waals surface area contributed by atoms with E-state index in [9.17, 15) is 0 Å². The predicted molar refractivity (Wildman–Crippen MR) is 69.7 cm³/mol. The van der Waals surface area contributed by atoms with E-state index in [2.05, 4.69) is 46.9 Å². The molecule has 0 aromatic rings. The van der Waals surface area contributed by atoms with Crippen molar-refractivity contribution in [3.63, 3.8) is 0 Å². The van der Waals surface area contributed by atoms with Crippen LogP contribution in [-0.4, -0.2) is 24.8 Å². The van der Waals surface area contributed by atoms with Gasteiger partial charge < -0.3 is 10.1 Å². The Kier molecular flexibility index (Phi) is 4.81. The highest BCUT2D eigenvalue weighted by molar-refractivity contribution is 5.02. The first-order valence-electron chi connectivity index (χ1n) is 6.76. The Morgan fingerprint density at radius 1 is 1.31 bits per heavy atom. The van der Waals surface area contributed by atoms with E-state index >= 15 is 0 Å². The lowest BCUT2D eigenvalue weighted by Gasteiger charge is -2.52. The van der Waals surface area contributed by atoms with Crippen LogP contribution >= 0.6 is 0 Å². The molecule has 2 heteroatoms. The molecular formula is C14H29NO. The second-order valence-corrected chi connectivity index (χ2v) is 6.23. The van der Waals surface area contributed by atoms with Crippen molar-refractivity contribution >= 4 is 0 Å². The number of rotatable bonds is 6. The molecule has 3 unspecified atom stereocenters. The van der Waals surface area contributed by atoms with Crippen molar-refractivity contribution in [1.82, 2.24) is 5.32 Å². The quantitative estimate of drug-likeness (QED) is 0.752. The average Bonchev–Trinajstić information content (AvgIpc) is 2.15. The van der Waals surface area contributed by atoms with Gasteiger partial charge in [-0.1, -0.05) is 34.6 Å². The molecular weight excluding hydrogens is 198 g/mol. The smallest absolute Gasteiger partial charge is 0.0659 e. The molecule has 0 aliphatic heterocycles. The summed E-state index contributed by atoms with van der Waals surface area (Å²) < 4.78 is 6.15. The first-order chi connectivity index (χ1) is 7.37. The van der Waals surface area contributed by atoms with Gasteiger partial charge >= 0.3 is 0 Å². The fourth-order valence-corrected chi connectivity index (χ4v) is 2.71. The zero-order valence-electron chi connectivity index (χ0n) is 11.8. The molecule has 0 aromatic heterocycles. The molecule has 0 saturated heterocycles. The molecule has 16 heavy (non-hydrogen) atoms. The highest BCUT2D eigenvalue weighted by Crippen LogP contribution is 2.43. The molecule has 1 fully saturated rings. The molecule has 0 spiro atoms. The zero-order chi connectivity index (χ0) is 12.3. The van der Waals surface area contributed by atoms with Gasteiger partial charge in [0.25, 0.3) is 0 Å². The Labute approximate surface area is 101 Å². The number of hydrogen-bond acceptors (Lipinski definition) is 2. The lowest BCUT2D eigenvalue weighted by molar-refractivity contribution is -0.146. The molecule has 0 bridgehead atoms.